The van der Waals surface area contributed by atoms with Crippen molar-refractivity contribution in [1.29, 1.82) is 0 Å². The van der Waals surface area contributed by atoms with Crippen LogP contribution >= 0.6 is 0 Å². The molecule has 3 N–H and O–H groups in total. The number of carboxylic acid groups (broad SMARTS) is 1. The minimum absolute atomic E-state index is 0.177. The Morgan fingerprint density at radius 3 is 2.25 bits per heavy atom. The summed E-state index contributed by atoms with van der Waals surface area (Å²) in [6.07, 6.45) is 0.177. The van der Waals surface area contributed by atoms with E-state index >= 15 is 0 Å². The number of aliphatic carboxylic acids is 1. The van der Waals surface area contributed by atoms with Crippen molar-refractivity contribution >= 4 is 17.7 Å². The van der Waals surface area contributed by atoms with Crippen LogP contribution in [0.5, 0.6) is 0 Å². The first-order chi connectivity index (χ1) is 9.36. The highest BCUT2D eigenvalue weighted by molar-refractivity contribution is 6.08. The first kappa shape index (κ1) is 15.8. The van der Waals surface area contributed by atoms with Gasteiger partial charge in [0.25, 0.3) is 0 Å². The summed E-state index contributed by atoms with van der Waals surface area (Å²) in [7, 11) is 1.22. The Labute approximate surface area is 116 Å². The van der Waals surface area contributed by atoms with Crippen molar-refractivity contribution < 1.29 is 24.2 Å². The van der Waals surface area contributed by atoms with Gasteiger partial charge in [-0.25, -0.2) is 0 Å². The van der Waals surface area contributed by atoms with Crippen molar-refractivity contribution in [3.8, 4) is 0 Å². The second kappa shape index (κ2) is 6.81. The van der Waals surface area contributed by atoms with Crippen LogP contribution in [-0.4, -0.2) is 36.0 Å². The molecule has 0 radical (unpaired) electrons. The molecule has 1 rings (SSSR count). The van der Waals surface area contributed by atoms with Gasteiger partial charge in [-0.3, -0.25) is 14.4 Å². The molecule has 2 unspecified atom stereocenters. The lowest BCUT2D eigenvalue weighted by atomic mass is 9.97. The molecule has 0 saturated heterocycles. The normalized spacial score (nSPS) is 13.3. The van der Waals surface area contributed by atoms with Gasteiger partial charge in [-0.1, -0.05) is 24.3 Å². The molecule has 1 aromatic carbocycles. The minimum atomic E-state index is -1.08. The summed E-state index contributed by atoms with van der Waals surface area (Å²) in [4.78, 5) is 33.9. The van der Waals surface area contributed by atoms with Crippen molar-refractivity contribution in [2.75, 3.05) is 7.11 Å². The van der Waals surface area contributed by atoms with Crippen molar-refractivity contribution in [2.24, 2.45) is 11.7 Å². The molecule has 0 fully saturated rings. The van der Waals surface area contributed by atoms with E-state index in [1.807, 2.05) is 0 Å². The van der Waals surface area contributed by atoms with E-state index in [-0.39, 0.29) is 12.2 Å². The first-order valence-electron chi connectivity index (χ1n) is 6.06. The van der Waals surface area contributed by atoms with Gasteiger partial charge in [-0.15, -0.1) is 0 Å². The fraction of sp³-hybridized carbons (Fsp3) is 0.357. The van der Waals surface area contributed by atoms with Crippen molar-refractivity contribution in [3.05, 3.63) is 35.4 Å². The Morgan fingerprint density at radius 1 is 1.25 bits per heavy atom. The maximum Gasteiger partial charge on any atom is 0.320 e. The Kier molecular flexibility index (Phi) is 5.40. The fourth-order valence-electron chi connectivity index (χ4n) is 1.68. The summed E-state index contributed by atoms with van der Waals surface area (Å²) in [5, 5.41) is 8.72. The van der Waals surface area contributed by atoms with Gasteiger partial charge < -0.3 is 15.6 Å². The van der Waals surface area contributed by atoms with Crippen LogP contribution in [0.1, 0.15) is 22.8 Å². The largest absolute Gasteiger partial charge is 0.480 e. The number of ketones is 1. The number of carbonyl (C=O) groups is 3. The van der Waals surface area contributed by atoms with Gasteiger partial charge in [-0.2, -0.15) is 0 Å². The summed E-state index contributed by atoms with van der Waals surface area (Å²) in [6.45, 7) is 1.47. The quantitative estimate of drug-likeness (QED) is 0.449. The van der Waals surface area contributed by atoms with Crippen LogP contribution in [0.4, 0.5) is 0 Å². The zero-order valence-corrected chi connectivity index (χ0v) is 11.3. The molecule has 1 aromatic rings. The average Bonchev–Trinajstić information content (AvgIpc) is 2.45. The topological polar surface area (TPSA) is 107 Å². The van der Waals surface area contributed by atoms with Crippen molar-refractivity contribution in [1.82, 2.24) is 0 Å². The number of Topliss-reactive ketones (excluding diaryl/α,β-unsaturated/α-hetero) is 1. The standard InChI is InChI=1S/C14H17NO5/c1-8(14(19)20-2)12(16)10-5-3-9(4-6-10)7-11(15)13(17)18/h3-6,8,11H,7,15H2,1-2H3,(H,17,18). The van der Waals surface area contributed by atoms with Gasteiger partial charge in [-0.05, 0) is 18.9 Å². The highest BCUT2D eigenvalue weighted by Gasteiger charge is 2.23. The van der Waals surface area contributed by atoms with Crippen molar-refractivity contribution in [3.63, 3.8) is 0 Å². The molecule has 0 aliphatic rings. The number of nitrogens with two attached hydrogens (primary N) is 1. The van der Waals surface area contributed by atoms with E-state index in [0.717, 1.165) is 0 Å². The summed E-state index contributed by atoms with van der Waals surface area (Å²) in [5.74, 6) is -2.88. The van der Waals surface area contributed by atoms with Crippen LogP contribution < -0.4 is 5.73 Å². The molecule has 0 spiro atoms. The minimum Gasteiger partial charge on any atom is -0.480 e. The SMILES string of the molecule is COC(=O)C(C)C(=O)c1ccc(CC(N)C(=O)O)cc1. The van der Waals surface area contributed by atoms with Crippen molar-refractivity contribution in [2.45, 2.75) is 19.4 Å². The van der Waals surface area contributed by atoms with Crippen LogP contribution in [-0.2, 0) is 20.7 Å². The van der Waals surface area contributed by atoms with Crippen LogP contribution in [0.25, 0.3) is 0 Å². The maximum absolute atomic E-state index is 12.0. The Morgan fingerprint density at radius 2 is 1.80 bits per heavy atom. The van der Waals surface area contributed by atoms with Crippen LogP contribution in [0.3, 0.4) is 0 Å². The Balaban J connectivity index is 2.78. The number of carboxylic acids is 1. The lowest BCUT2D eigenvalue weighted by molar-refractivity contribution is -0.143. The van der Waals surface area contributed by atoms with E-state index in [1.54, 1.807) is 24.3 Å². The van der Waals surface area contributed by atoms with Gasteiger partial charge in [0.1, 0.15) is 12.0 Å². The van der Waals surface area contributed by atoms with Crippen LogP contribution in [0, 0.1) is 5.92 Å². The summed E-state index contributed by atoms with van der Waals surface area (Å²) >= 11 is 0. The van der Waals surface area contributed by atoms with E-state index in [2.05, 4.69) is 4.74 Å². The summed E-state index contributed by atoms with van der Waals surface area (Å²) in [5.41, 5.74) is 6.51. The van der Waals surface area contributed by atoms with Gasteiger partial charge in [0, 0.05) is 5.56 Å². The van der Waals surface area contributed by atoms with Crippen LogP contribution in [0.2, 0.25) is 0 Å². The molecular weight excluding hydrogens is 262 g/mol. The first-order valence-corrected chi connectivity index (χ1v) is 6.06. The average molecular weight is 279 g/mol. The number of methoxy groups -OCH3 is 1. The highest BCUT2D eigenvalue weighted by atomic mass is 16.5. The summed E-state index contributed by atoms with van der Waals surface area (Å²) in [6, 6.07) is 5.36. The number of rotatable bonds is 6. The molecule has 20 heavy (non-hydrogen) atoms. The monoisotopic (exact) mass is 279 g/mol. The molecule has 0 heterocycles. The lowest BCUT2D eigenvalue weighted by Gasteiger charge is -2.10. The van der Waals surface area contributed by atoms with Gasteiger partial charge >= 0.3 is 11.9 Å². The summed E-state index contributed by atoms with van der Waals surface area (Å²) < 4.78 is 4.52. The number of benzene rings is 1. The molecule has 0 bridgehead atoms. The predicted molar refractivity (Wildman–Crippen MR) is 71.3 cm³/mol. The number of hydrogen-bond donors (Lipinski definition) is 2. The molecular formula is C14H17NO5. The second-order valence-corrected chi connectivity index (χ2v) is 4.45. The highest BCUT2D eigenvalue weighted by Crippen LogP contribution is 2.12. The zero-order valence-electron chi connectivity index (χ0n) is 11.3. The number of ether oxygens (including phenoxy) is 1. The van der Waals surface area contributed by atoms with Gasteiger partial charge in [0.15, 0.2) is 5.78 Å². The van der Waals surface area contributed by atoms with E-state index in [1.165, 1.54) is 14.0 Å². The molecule has 6 heteroatoms. The lowest BCUT2D eigenvalue weighted by Crippen LogP contribution is -2.32. The second-order valence-electron chi connectivity index (χ2n) is 4.45. The maximum atomic E-state index is 12.0. The fourth-order valence-corrected chi connectivity index (χ4v) is 1.68. The molecule has 2 atom stereocenters. The van der Waals surface area contributed by atoms with E-state index < -0.39 is 23.9 Å². The van der Waals surface area contributed by atoms with Crippen LogP contribution in [0.15, 0.2) is 24.3 Å². The Hall–Kier alpha value is -2.21. The Bertz CT molecular complexity index is 509. The number of esters is 1. The molecule has 0 aliphatic heterocycles. The van der Waals surface area contributed by atoms with Gasteiger partial charge in [0.2, 0.25) is 0 Å². The van der Waals surface area contributed by atoms with E-state index in [9.17, 15) is 14.4 Å². The van der Waals surface area contributed by atoms with E-state index in [4.69, 9.17) is 10.8 Å². The molecule has 0 aromatic heterocycles. The molecule has 108 valence electrons. The predicted octanol–water partition coefficient (Wildman–Crippen LogP) is 0.633. The third kappa shape index (κ3) is 3.89. The number of hydrogen-bond acceptors (Lipinski definition) is 5. The smallest absolute Gasteiger partial charge is 0.320 e. The molecule has 0 amide bonds. The third-order valence-electron chi connectivity index (χ3n) is 2.96. The molecule has 6 nitrogen and oxygen atoms in total. The third-order valence-corrected chi connectivity index (χ3v) is 2.96. The van der Waals surface area contributed by atoms with Gasteiger partial charge in [0.05, 0.1) is 7.11 Å². The zero-order chi connectivity index (χ0) is 15.3. The van der Waals surface area contributed by atoms with E-state index in [0.29, 0.717) is 11.1 Å². The number of carbonyl (C=O) groups excluding carboxylic acids is 2. The molecule has 0 saturated carbocycles. The molecule has 0 aliphatic carbocycles.